The minimum absolute atomic E-state index is 0.0402. The zero-order valence-electron chi connectivity index (χ0n) is 23.5. The molecule has 2 N–H and O–H groups in total. The summed E-state index contributed by atoms with van der Waals surface area (Å²) in [6, 6.07) is 6.68. The van der Waals surface area contributed by atoms with E-state index >= 15 is 0 Å². The van der Waals surface area contributed by atoms with Crippen LogP contribution >= 0.6 is 0 Å². The van der Waals surface area contributed by atoms with Gasteiger partial charge in [0.05, 0.1) is 6.04 Å². The quantitative estimate of drug-likeness (QED) is 0.0555. The summed E-state index contributed by atoms with van der Waals surface area (Å²) in [6.45, 7) is 3.70. The fraction of sp³-hybridized carbons (Fsp3) is 0.613. The molecule has 7 nitrogen and oxygen atoms in total. The molecule has 1 aromatic rings. The fourth-order valence-electron chi connectivity index (χ4n) is 4.25. The summed E-state index contributed by atoms with van der Waals surface area (Å²) in [5, 5.41) is 21.3. The van der Waals surface area contributed by atoms with Crippen molar-refractivity contribution in [1.82, 2.24) is 5.32 Å². The standard InChI is InChI=1S/C31H47N3O4/c1-3-4-5-6-7-8-9-10-11-12-13-14-15-16-17-18-31(37)34-29(25-38-26(2)35)23-27-19-21-28(22-20-27)30(36)24-33-32/h10-11,19-22,24,29H,3-9,12-18,23,25H2,1-2H3,(H-,34,36,37)/p+1/b11-10-,30-24+/t29-/m0/s1. The Kier molecular flexibility index (Phi) is 19.0. The number of unbranched alkanes of at least 4 members (excludes halogenated alkanes) is 11. The van der Waals surface area contributed by atoms with Crippen LogP contribution < -0.4 is 5.32 Å². The molecule has 1 amide bonds. The third-order valence-corrected chi connectivity index (χ3v) is 6.43. The Morgan fingerprint density at radius 2 is 1.53 bits per heavy atom. The van der Waals surface area contributed by atoms with Crippen LogP contribution in [-0.2, 0) is 20.7 Å². The number of benzene rings is 1. The number of nitrogens with one attached hydrogen (secondary N) is 1. The van der Waals surface area contributed by atoms with E-state index in [9.17, 15) is 14.7 Å². The summed E-state index contributed by atoms with van der Waals surface area (Å²) >= 11 is 0. The first-order chi connectivity index (χ1) is 18.5. The highest BCUT2D eigenvalue weighted by atomic mass is 16.5. The van der Waals surface area contributed by atoms with Crippen molar-refractivity contribution in [2.24, 2.45) is 0 Å². The number of diazo groups is 1. The number of ether oxygens (including phenoxy) is 1. The number of nitrogens with zero attached hydrogens (tertiary/aromatic N) is 2. The highest BCUT2D eigenvalue weighted by Crippen LogP contribution is 2.15. The van der Waals surface area contributed by atoms with Gasteiger partial charge in [-0.1, -0.05) is 94.7 Å². The predicted octanol–water partition coefficient (Wildman–Crippen LogP) is 8.02. The molecular formula is C31H48N3O4+. The van der Waals surface area contributed by atoms with E-state index in [-0.39, 0.29) is 30.3 Å². The lowest BCUT2D eigenvalue weighted by Gasteiger charge is -2.19. The normalized spacial score (nSPS) is 12.3. The lowest BCUT2D eigenvalue weighted by atomic mass is 10.0. The van der Waals surface area contributed by atoms with Crippen LogP contribution in [0.2, 0.25) is 0 Å². The molecule has 0 fully saturated rings. The number of amides is 1. The van der Waals surface area contributed by atoms with Crippen molar-refractivity contribution in [2.45, 2.75) is 116 Å². The molecular weight excluding hydrogens is 478 g/mol. The smallest absolute Gasteiger partial charge is 0.392 e. The molecule has 0 aliphatic carbocycles. The monoisotopic (exact) mass is 526 g/mol. The van der Waals surface area contributed by atoms with Crippen LogP contribution in [0.3, 0.4) is 0 Å². The van der Waals surface area contributed by atoms with E-state index in [1.54, 1.807) is 12.1 Å². The Morgan fingerprint density at radius 3 is 2.11 bits per heavy atom. The van der Waals surface area contributed by atoms with E-state index < -0.39 is 0 Å². The minimum Gasteiger partial charge on any atom is -0.501 e. The third-order valence-electron chi connectivity index (χ3n) is 6.43. The average molecular weight is 527 g/mol. The summed E-state index contributed by atoms with van der Waals surface area (Å²) < 4.78 is 5.15. The Balaban J connectivity index is 2.25. The van der Waals surface area contributed by atoms with Gasteiger partial charge in [0, 0.05) is 18.9 Å². The highest BCUT2D eigenvalue weighted by molar-refractivity contribution is 5.76. The Labute approximate surface area is 229 Å². The topological polar surface area (TPSA) is 104 Å². The molecule has 1 atom stereocenters. The number of esters is 1. The maximum Gasteiger partial charge on any atom is 0.392 e. The van der Waals surface area contributed by atoms with Crippen LogP contribution in [0, 0.1) is 5.39 Å². The largest absolute Gasteiger partial charge is 0.501 e. The van der Waals surface area contributed by atoms with E-state index in [1.165, 1.54) is 64.7 Å². The molecule has 0 heterocycles. The van der Waals surface area contributed by atoms with E-state index in [1.807, 2.05) is 12.1 Å². The van der Waals surface area contributed by atoms with Crippen LogP contribution in [0.15, 0.2) is 42.6 Å². The van der Waals surface area contributed by atoms with Crippen molar-refractivity contribution in [3.05, 3.63) is 58.7 Å². The minimum atomic E-state index is -0.389. The van der Waals surface area contributed by atoms with Gasteiger partial charge < -0.3 is 15.2 Å². The van der Waals surface area contributed by atoms with Crippen molar-refractivity contribution < 1.29 is 19.4 Å². The summed E-state index contributed by atoms with van der Waals surface area (Å²) in [4.78, 5) is 26.6. The second kappa shape index (κ2) is 21.9. The van der Waals surface area contributed by atoms with Gasteiger partial charge >= 0.3 is 12.2 Å². The lowest BCUT2D eigenvalue weighted by Crippen LogP contribution is -2.40. The molecule has 0 aromatic heterocycles. The van der Waals surface area contributed by atoms with E-state index in [4.69, 9.17) is 10.1 Å². The summed E-state index contributed by atoms with van der Waals surface area (Å²) in [7, 11) is 0. The number of hydrogen-bond acceptors (Lipinski definition) is 5. The van der Waals surface area contributed by atoms with Crippen LogP contribution in [0.1, 0.15) is 115 Å². The van der Waals surface area contributed by atoms with Gasteiger partial charge in [0.15, 0.2) is 4.98 Å². The molecule has 0 aliphatic rings. The molecule has 0 aliphatic heterocycles. The number of hydrogen-bond donors (Lipinski definition) is 2. The van der Waals surface area contributed by atoms with Gasteiger partial charge in [0.25, 0.3) is 0 Å². The van der Waals surface area contributed by atoms with Gasteiger partial charge in [0.1, 0.15) is 6.61 Å². The maximum absolute atomic E-state index is 12.5. The Hall–Kier alpha value is -3.14. The SMILES string of the molecule is CCCCCCCC/C=C\CCCCCCCC(=O)N[C@H](COC(C)=O)Cc1ccc(/C(O)=C\[N+]#N)cc1. The lowest BCUT2D eigenvalue weighted by molar-refractivity contribution is -0.142. The molecule has 1 aromatic carbocycles. The maximum atomic E-state index is 12.5. The molecule has 0 saturated carbocycles. The van der Waals surface area contributed by atoms with Gasteiger partial charge in [-0.3, -0.25) is 9.59 Å². The molecule has 0 radical (unpaired) electrons. The van der Waals surface area contributed by atoms with Crippen LogP contribution in [-0.4, -0.2) is 29.6 Å². The second-order valence-corrected chi connectivity index (χ2v) is 9.93. The molecule has 0 saturated heterocycles. The molecule has 1 rings (SSSR count). The van der Waals surface area contributed by atoms with Gasteiger partial charge in [-0.15, -0.1) is 0 Å². The molecule has 7 heteroatoms. The summed E-state index contributed by atoms with van der Waals surface area (Å²) in [5.41, 5.74) is 1.43. The first-order valence-corrected chi connectivity index (χ1v) is 14.4. The number of carbonyl (C=O) groups excluding carboxylic acids is 2. The van der Waals surface area contributed by atoms with Crippen molar-refractivity contribution in [1.29, 1.82) is 5.39 Å². The van der Waals surface area contributed by atoms with Crippen molar-refractivity contribution in [2.75, 3.05) is 6.61 Å². The summed E-state index contributed by atoms with van der Waals surface area (Å²) in [5.74, 6) is -0.579. The zero-order chi connectivity index (χ0) is 27.8. The van der Waals surface area contributed by atoms with Crippen LogP contribution in [0.4, 0.5) is 0 Å². The van der Waals surface area contributed by atoms with Gasteiger partial charge in [-0.25, -0.2) is 0 Å². The fourth-order valence-corrected chi connectivity index (χ4v) is 4.25. The molecule has 210 valence electrons. The molecule has 0 spiro atoms. The summed E-state index contributed by atoms with van der Waals surface area (Å²) in [6.07, 6.45) is 22.3. The van der Waals surface area contributed by atoms with E-state index in [2.05, 4.69) is 29.4 Å². The van der Waals surface area contributed by atoms with Gasteiger partial charge in [-0.2, -0.15) is 0 Å². The first kappa shape index (κ1) is 32.9. The average Bonchev–Trinajstić information content (AvgIpc) is 2.90. The molecule has 0 bridgehead atoms. The highest BCUT2D eigenvalue weighted by Gasteiger charge is 2.15. The number of aliphatic hydroxyl groups excluding tert-OH is 1. The number of aliphatic hydroxyl groups is 1. The van der Waals surface area contributed by atoms with E-state index in [0.29, 0.717) is 18.4 Å². The number of rotatable bonds is 21. The molecule has 38 heavy (non-hydrogen) atoms. The van der Waals surface area contributed by atoms with Crippen molar-refractivity contribution in [3.63, 3.8) is 0 Å². The van der Waals surface area contributed by atoms with Gasteiger partial charge in [-0.05, 0) is 44.1 Å². The number of allylic oxidation sites excluding steroid dienone is 2. The predicted molar refractivity (Wildman–Crippen MR) is 154 cm³/mol. The number of carbonyl (C=O) groups is 2. The molecule has 0 unspecified atom stereocenters. The van der Waals surface area contributed by atoms with Gasteiger partial charge in [0.2, 0.25) is 17.1 Å². The van der Waals surface area contributed by atoms with Crippen molar-refractivity contribution >= 4 is 17.6 Å². The first-order valence-electron chi connectivity index (χ1n) is 14.4. The zero-order valence-corrected chi connectivity index (χ0v) is 23.5. The van der Waals surface area contributed by atoms with E-state index in [0.717, 1.165) is 37.4 Å². The second-order valence-electron chi connectivity index (χ2n) is 9.93. The van der Waals surface area contributed by atoms with Crippen LogP contribution in [0.5, 0.6) is 0 Å². The van der Waals surface area contributed by atoms with Crippen LogP contribution in [0.25, 0.3) is 10.7 Å². The third kappa shape index (κ3) is 17.3. The van der Waals surface area contributed by atoms with Crippen molar-refractivity contribution in [3.8, 4) is 0 Å². The Morgan fingerprint density at radius 1 is 0.947 bits per heavy atom. The Bertz CT molecular complexity index is 887.